The number of piperidine rings is 1. The summed E-state index contributed by atoms with van der Waals surface area (Å²) in [6.45, 7) is 8.65. The molecular formula is C15H29N3O. The number of hydrogen-bond acceptors (Lipinski definition) is 3. The molecule has 0 aromatic rings. The SMILES string of the molecule is CC1CCC(C)N1C(C)C(=O)N(C)C1CCNCC1. The van der Waals surface area contributed by atoms with Gasteiger partial charge in [-0.25, -0.2) is 0 Å². The molecule has 2 saturated heterocycles. The van der Waals surface area contributed by atoms with Gasteiger partial charge in [0.15, 0.2) is 0 Å². The van der Waals surface area contributed by atoms with Crippen LogP contribution in [0.25, 0.3) is 0 Å². The Morgan fingerprint density at radius 2 is 1.68 bits per heavy atom. The van der Waals surface area contributed by atoms with Crippen molar-refractivity contribution >= 4 is 5.91 Å². The quantitative estimate of drug-likeness (QED) is 0.841. The van der Waals surface area contributed by atoms with Crippen molar-refractivity contribution in [1.29, 1.82) is 0 Å². The molecule has 110 valence electrons. The summed E-state index contributed by atoms with van der Waals surface area (Å²) in [4.78, 5) is 17.1. The molecule has 4 nitrogen and oxygen atoms in total. The fraction of sp³-hybridized carbons (Fsp3) is 0.933. The summed E-state index contributed by atoms with van der Waals surface area (Å²) < 4.78 is 0. The fourth-order valence-corrected chi connectivity index (χ4v) is 3.77. The second-order valence-corrected chi connectivity index (χ2v) is 6.33. The summed E-state index contributed by atoms with van der Waals surface area (Å²) in [5, 5.41) is 3.36. The van der Waals surface area contributed by atoms with Crippen molar-refractivity contribution in [2.45, 2.75) is 70.6 Å². The van der Waals surface area contributed by atoms with Crippen molar-refractivity contribution in [1.82, 2.24) is 15.1 Å². The van der Waals surface area contributed by atoms with E-state index in [-0.39, 0.29) is 6.04 Å². The lowest BCUT2D eigenvalue weighted by atomic mass is 10.0. The van der Waals surface area contributed by atoms with Crippen LogP contribution >= 0.6 is 0 Å². The Morgan fingerprint density at radius 3 is 2.21 bits per heavy atom. The smallest absolute Gasteiger partial charge is 0.239 e. The van der Waals surface area contributed by atoms with Crippen LogP contribution in [0.1, 0.15) is 46.5 Å². The van der Waals surface area contributed by atoms with Gasteiger partial charge in [-0.3, -0.25) is 9.69 Å². The van der Waals surface area contributed by atoms with Gasteiger partial charge in [-0.2, -0.15) is 0 Å². The van der Waals surface area contributed by atoms with Gasteiger partial charge in [-0.05, 0) is 59.5 Å². The number of hydrogen-bond donors (Lipinski definition) is 1. The van der Waals surface area contributed by atoms with E-state index in [2.05, 4.69) is 31.0 Å². The molecule has 0 bridgehead atoms. The number of nitrogens with one attached hydrogen (secondary N) is 1. The fourth-order valence-electron chi connectivity index (χ4n) is 3.77. The van der Waals surface area contributed by atoms with E-state index in [1.807, 2.05) is 11.9 Å². The van der Waals surface area contributed by atoms with Crippen molar-refractivity contribution in [3.05, 3.63) is 0 Å². The molecule has 2 fully saturated rings. The number of likely N-dealkylation sites (tertiary alicyclic amines) is 1. The Morgan fingerprint density at radius 1 is 1.16 bits per heavy atom. The number of nitrogens with zero attached hydrogens (tertiary/aromatic N) is 2. The molecule has 2 rings (SSSR count). The predicted octanol–water partition coefficient (Wildman–Crippen LogP) is 1.46. The lowest BCUT2D eigenvalue weighted by Gasteiger charge is -2.38. The van der Waals surface area contributed by atoms with Crippen molar-refractivity contribution in [3.8, 4) is 0 Å². The van der Waals surface area contributed by atoms with Gasteiger partial charge in [0.05, 0.1) is 6.04 Å². The highest BCUT2D eigenvalue weighted by Gasteiger charge is 2.36. The van der Waals surface area contributed by atoms with Crippen molar-refractivity contribution in [2.24, 2.45) is 0 Å². The molecule has 0 aromatic heterocycles. The van der Waals surface area contributed by atoms with Gasteiger partial charge in [0.2, 0.25) is 5.91 Å². The summed E-state index contributed by atoms with van der Waals surface area (Å²) in [5.41, 5.74) is 0. The lowest BCUT2D eigenvalue weighted by molar-refractivity contribution is -0.138. The summed E-state index contributed by atoms with van der Waals surface area (Å²) in [7, 11) is 1.99. The molecule has 1 amide bonds. The van der Waals surface area contributed by atoms with Crippen molar-refractivity contribution < 1.29 is 4.79 Å². The van der Waals surface area contributed by atoms with E-state index in [0.717, 1.165) is 25.9 Å². The van der Waals surface area contributed by atoms with Gasteiger partial charge in [0.1, 0.15) is 0 Å². The Balaban J connectivity index is 1.97. The van der Waals surface area contributed by atoms with E-state index in [4.69, 9.17) is 0 Å². The van der Waals surface area contributed by atoms with Gasteiger partial charge in [-0.1, -0.05) is 0 Å². The minimum atomic E-state index is 0.0207. The highest BCUT2D eigenvalue weighted by atomic mass is 16.2. The van der Waals surface area contributed by atoms with Crippen LogP contribution in [-0.4, -0.2) is 60.0 Å². The van der Waals surface area contributed by atoms with Gasteiger partial charge in [0, 0.05) is 25.2 Å². The van der Waals surface area contributed by atoms with Crippen LogP contribution in [0.15, 0.2) is 0 Å². The first-order valence-electron chi connectivity index (χ1n) is 7.77. The van der Waals surface area contributed by atoms with Crippen LogP contribution in [0.4, 0.5) is 0 Å². The number of likely N-dealkylation sites (N-methyl/N-ethyl adjacent to an activating group) is 1. The van der Waals surface area contributed by atoms with Crippen LogP contribution in [0, 0.1) is 0 Å². The highest BCUT2D eigenvalue weighted by Crippen LogP contribution is 2.27. The molecule has 2 aliphatic rings. The molecular weight excluding hydrogens is 238 g/mol. The monoisotopic (exact) mass is 267 g/mol. The summed E-state index contributed by atoms with van der Waals surface area (Å²) in [5.74, 6) is 0.299. The van der Waals surface area contributed by atoms with Gasteiger partial charge in [0.25, 0.3) is 0 Å². The van der Waals surface area contributed by atoms with Gasteiger partial charge < -0.3 is 10.2 Å². The predicted molar refractivity (Wildman–Crippen MR) is 78.1 cm³/mol. The first-order valence-corrected chi connectivity index (χ1v) is 7.77. The first-order chi connectivity index (χ1) is 9.02. The summed E-state index contributed by atoms with van der Waals surface area (Å²) >= 11 is 0. The minimum absolute atomic E-state index is 0.0207. The third-order valence-corrected chi connectivity index (χ3v) is 5.03. The van der Waals surface area contributed by atoms with Crippen molar-refractivity contribution in [3.63, 3.8) is 0 Å². The van der Waals surface area contributed by atoms with Crippen LogP contribution in [0.3, 0.4) is 0 Å². The van der Waals surface area contributed by atoms with Gasteiger partial charge >= 0.3 is 0 Å². The number of carbonyl (C=O) groups is 1. The molecule has 0 spiro atoms. The van der Waals surface area contributed by atoms with E-state index in [9.17, 15) is 4.79 Å². The third kappa shape index (κ3) is 3.11. The largest absolute Gasteiger partial charge is 0.341 e. The molecule has 0 radical (unpaired) electrons. The molecule has 2 aliphatic heterocycles. The van der Waals surface area contributed by atoms with Crippen molar-refractivity contribution in [2.75, 3.05) is 20.1 Å². The summed E-state index contributed by atoms with van der Waals surface area (Å²) in [6, 6.07) is 1.52. The normalized spacial score (nSPS) is 31.4. The number of rotatable bonds is 3. The zero-order chi connectivity index (χ0) is 14.0. The van der Waals surface area contributed by atoms with E-state index in [1.165, 1.54) is 12.8 Å². The Bertz CT molecular complexity index is 305. The van der Waals surface area contributed by atoms with Crippen LogP contribution < -0.4 is 5.32 Å². The number of amides is 1. The highest BCUT2D eigenvalue weighted by molar-refractivity contribution is 5.81. The second kappa shape index (κ2) is 6.23. The zero-order valence-corrected chi connectivity index (χ0v) is 12.9. The van der Waals surface area contributed by atoms with E-state index in [1.54, 1.807) is 0 Å². The van der Waals surface area contributed by atoms with E-state index < -0.39 is 0 Å². The maximum Gasteiger partial charge on any atom is 0.239 e. The maximum absolute atomic E-state index is 12.7. The van der Waals surface area contributed by atoms with Crippen LogP contribution in [0.2, 0.25) is 0 Å². The minimum Gasteiger partial charge on any atom is -0.341 e. The molecule has 0 saturated carbocycles. The zero-order valence-electron chi connectivity index (χ0n) is 12.9. The van der Waals surface area contributed by atoms with E-state index >= 15 is 0 Å². The maximum atomic E-state index is 12.7. The molecule has 3 atom stereocenters. The molecule has 3 unspecified atom stereocenters. The molecule has 2 heterocycles. The molecule has 0 aromatic carbocycles. The molecule has 1 N–H and O–H groups in total. The van der Waals surface area contributed by atoms with Crippen LogP contribution in [0.5, 0.6) is 0 Å². The average molecular weight is 267 g/mol. The van der Waals surface area contributed by atoms with Gasteiger partial charge in [-0.15, -0.1) is 0 Å². The standard InChI is InChI=1S/C15H29N3O/c1-11-5-6-12(2)18(11)13(3)15(19)17(4)14-7-9-16-10-8-14/h11-14,16H,5-10H2,1-4H3. The molecule has 19 heavy (non-hydrogen) atoms. The van der Waals surface area contributed by atoms with Crippen LogP contribution in [-0.2, 0) is 4.79 Å². The first kappa shape index (κ1) is 14.8. The Kier molecular flexibility index (Phi) is 4.85. The third-order valence-electron chi connectivity index (χ3n) is 5.03. The lowest BCUT2D eigenvalue weighted by Crippen LogP contribution is -2.53. The Hall–Kier alpha value is -0.610. The van der Waals surface area contributed by atoms with E-state index in [0.29, 0.717) is 24.0 Å². The topological polar surface area (TPSA) is 35.6 Å². The second-order valence-electron chi connectivity index (χ2n) is 6.33. The molecule has 4 heteroatoms. The Labute approximate surface area is 117 Å². The number of carbonyl (C=O) groups excluding carboxylic acids is 1. The molecule has 0 aliphatic carbocycles. The summed E-state index contributed by atoms with van der Waals surface area (Å²) in [6.07, 6.45) is 4.60. The average Bonchev–Trinajstić information content (AvgIpc) is 2.77.